The molecule has 17 heteroatoms. The van der Waals surface area contributed by atoms with Gasteiger partial charge < -0.3 is 48.5 Å². The fourth-order valence-electron chi connectivity index (χ4n) is 2.58. The highest BCUT2D eigenvalue weighted by molar-refractivity contribution is 7.80. The number of aliphatic imine (C=N–C) groups is 1. The molecule has 0 radical (unpaired) electrons. The van der Waals surface area contributed by atoms with Crippen LogP contribution in [0.3, 0.4) is 0 Å². The van der Waals surface area contributed by atoms with Crippen molar-refractivity contribution >= 4 is 54.2 Å². The Balaban J connectivity index is 5.18. The SMILES string of the molecule is NC(N)=NCCCC(N)C(=O)NC(CS)C(=O)NC(CC(=O)O)C(=O)NC(CCC(=O)O)C(=O)O. The van der Waals surface area contributed by atoms with Gasteiger partial charge in [0.15, 0.2) is 5.96 Å². The Morgan fingerprint density at radius 3 is 1.83 bits per heavy atom. The summed E-state index contributed by atoms with van der Waals surface area (Å²) in [5, 5.41) is 33.4. The van der Waals surface area contributed by atoms with E-state index >= 15 is 0 Å². The fourth-order valence-corrected chi connectivity index (χ4v) is 2.83. The Kier molecular flexibility index (Phi) is 14.4. The third kappa shape index (κ3) is 13.6. The number of carboxylic acids is 3. The number of thiol groups is 1. The first-order chi connectivity index (χ1) is 16.3. The van der Waals surface area contributed by atoms with Crippen LogP contribution in [0.2, 0.25) is 0 Å². The van der Waals surface area contributed by atoms with Crippen LogP contribution < -0.4 is 33.2 Å². The standard InChI is InChI=1S/C18H31N7O9S/c19-8(2-1-5-22-18(20)21)14(30)25-11(7-35)16(32)24-10(6-13(28)29)15(31)23-9(17(33)34)3-4-12(26)27/h8-11,35H,1-7,19H2,(H,23,31)(H,24,32)(H,25,30)(H,26,27)(H,28,29)(H,33,34)(H4,20,21,22). The molecule has 0 fully saturated rings. The van der Waals surface area contributed by atoms with Gasteiger partial charge in [-0.2, -0.15) is 12.6 Å². The molecule has 0 aromatic carbocycles. The molecule has 3 amide bonds. The normalized spacial score (nSPS) is 13.9. The van der Waals surface area contributed by atoms with Gasteiger partial charge in [0, 0.05) is 18.7 Å². The molecule has 0 rings (SSSR count). The molecule has 198 valence electrons. The number of nitrogens with one attached hydrogen (secondary N) is 3. The van der Waals surface area contributed by atoms with E-state index < -0.39 is 79.1 Å². The van der Waals surface area contributed by atoms with Crippen LogP contribution >= 0.6 is 12.6 Å². The molecule has 0 bridgehead atoms. The molecule has 16 nitrogen and oxygen atoms in total. The van der Waals surface area contributed by atoms with E-state index in [0.717, 1.165) is 0 Å². The van der Waals surface area contributed by atoms with Gasteiger partial charge >= 0.3 is 17.9 Å². The topological polar surface area (TPSA) is 290 Å². The highest BCUT2D eigenvalue weighted by atomic mass is 32.1. The van der Waals surface area contributed by atoms with Gasteiger partial charge in [-0.15, -0.1) is 0 Å². The summed E-state index contributed by atoms with van der Waals surface area (Å²) in [6.45, 7) is 0.232. The lowest BCUT2D eigenvalue weighted by molar-refractivity contribution is -0.144. The largest absolute Gasteiger partial charge is 0.481 e. The average Bonchev–Trinajstić information content (AvgIpc) is 2.75. The van der Waals surface area contributed by atoms with Crippen LogP contribution in [0.5, 0.6) is 0 Å². The molecule has 0 aliphatic carbocycles. The molecule has 4 atom stereocenters. The first-order valence-electron chi connectivity index (χ1n) is 10.3. The second-order valence-electron chi connectivity index (χ2n) is 7.29. The van der Waals surface area contributed by atoms with E-state index in [1.54, 1.807) is 0 Å². The third-order valence-electron chi connectivity index (χ3n) is 4.39. The van der Waals surface area contributed by atoms with Crippen molar-refractivity contribution in [3.8, 4) is 0 Å². The number of carbonyl (C=O) groups is 6. The molecule has 35 heavy (non-hydrogen) atoms. The fraction of sp³-hybridized carbons (Fsp3) is 0.611. The Morgan fingerprint density at radius 2 is 1.34 bits per heavy atom. The van der Waals surface area contributed by atoms with Gasteiger partial charge in [-0.3, -0.25) is 29.0 Å². The molecule has 4 unspecified atom stereocenters. The average molecular weight is 522 g/mol. The Bertz CT molecular complexity index is 820. The molecule has 0 heterocycles. The van der Waals surface area contributed by atoms with Crippen LogP contribution in [0.1, 0.15) is 32.1 Å². The minimum atomic E-state index is -1.72. The van der Waals surface area contributed by atoms with Gasteiger partial charge in [0.1, 0.15) is 18.1 Å². The number of nitrogens with zero attached hydrogens (tertiary/aromatic N) is 1. The summed E-state index contributed by atoms with van der Waals surface area (Å²) < 4.78 is 0. The van der Waals surface area contributed by atoms with Crippen molar-refractivity contribution in [1.82, 2.24) is 16.0 Å². The first kappa shape index (κ1) is 31.4. The zero-order chi connectivity index (χ0) is 27.1. The molecule has 0 aromatic rings. The number of carboxylic acid groups (broad SMARTS) is 3. The summed E-state index contributed by atoms with van der Waals surface area (Å²) in [4.78, 5) is 74.1. The maximum absolute atomic E-state index is 12.6. The quantitative estimate of drug-likeness (QED) is 0.0381. The number of hydrogen-bond acceptors (Lipinski definition) is 9. The number of guanidine groups is 1. The van der Waals surface area contributed by atoms with Crippen molar-refractivity contribution in [2.24, 2.45) is 22.2 Å². The second kappa shape index (κ2) is 16.1. The minimum absolute atomic E-state index is 0.119. The van der Waals surface area contributed by atoms with Gasteiger partial charge in [0.2, 0.25) is 17.7 Å². The van der Waals surface area contributed by atoms with Crippen LogP contribution in [0.15, 0.2) is 4.99 Å². The Hall–Kier alpha value is -3.60. The first-order valence-corrected chi connectivity index (χ1v) is 10.9. The highest BCUT2D eigenvalue weighted by Gasteiger charge is 2.31. The molecule has 0 saturated carbocycles. The van der Waals surface area contributed by atoms with Crippen molar-refractivity contribution in [3.05, 3.63) is 0 Å². The molecular formula is C18H31N7O9S. The van der Waals surface area contributed by atoms with E-state index in [9.17, 15) is 28.8 Å². The van der Waals surface area contributed by atoms with Crippen molar-refractivity contribution in [1.29, 1.82) is 0 Å². The number of aliphatic carboxylic acids is 3. The minimum Gasteiger partial charge on any atom is -0.481 e. The molecule has 0 saturated heterocycles. The van der Waals surface area contributed by atoms with E-state index in [-0.39, 0.29) is 24.7 Å². The van der Waals surface area contributed by atoms with Crippen molar-refractivity contribution in [2.75, 3.05) is 12.3 Å². The number of nitrogens with two attached hydrogens (primary N) is 3. The smallest absolute Gasteiger partial charge is 0.326 e. The number of hydrogen-bond donors (Lipinski definition) is 10. The maximum Gasteiger partial charge on any atom is 0.326 e. The Morgan fingerprint density at radius 1 is 0.800 bits per heavy atom. The molecule has 0 aliphatic rings. The lowest BCUT2D eigenvalue weighted by atomic mass is 10.1. The van der Waals surface area contributed by atoms with Gasteiger partial charge in [-0.05, 0) is 19.3 Å². The predicted octanol–water partition coefficient (Wildman–Crippen LogP) is -3.82. The maximum atomic E-state index is 12.6. The molecule has 0 aromatic heterocycles. The summed E-state index contributed by atoms with van der Waals surface area (Å²) in [5.41, 5.74) is 16.2. The van der Waals surface area contributed by atoms with Crippen molar-refractivity contribution in [2.45, 2.75) is 56.3 Å². The summed E-state index contributed by atoms with van der Waals surface area (Å²) >= 11 is 3.97. The van der Waals surface area contributed by atoms with Crippen LogP contribution in [-0.4, -0.2) is 93.4 Å². The second-order valence-corrected chi connectivity index (χ2v) is 7.66. The van der Waals surface area contributed by atoms with Gasteiger partial charge in [0.05, 0.1) is 12.5 Å². The van der Waals surface area contributed by atoms with E-state index in [4.69, 9.17) is 32.5 Å². The summed E-state index contributed by atoms with van der Waals surface area (Å²) in [7, 11) is 0. The van der Waals surface area contributed by atoms with Gasteiger partial charge in [-0.1, -0.05) is 0 Å². The highest BCUT2D eigenvalue weighted by Crippen LogP contribution is 2.03. The number of rotatable bonds is 17. The van der Waals surface area contributed by atoms with Crippen LogP contribution in [0.4, 0.5) is 0 Å². The van der Waals surface area contributed by atoms with Crippen LogP contribution in [0.25, 0.3) is 0 Å². The molecule has 12 N–H and O–H groups in total. The summed E-state index contributed by atoms with van der Waals surface area (Å²) in [6, 6.07) is -5.69. The van der Waals surface area contributed by atoms with Crippen molar-refractivity contribution < 1.29 is 44.1 Å². The Labute approximate surface area is 205 Å². The zero-order valence-electron chi connectivity index (χ0n) is 18.7. The molecule has 0 aliphatic heterocycles. The van der Waals surface area contributed by atoms with E-state index in [2.05, 4.69) is 28.3 Å². The zero-order valence-corrected chi connectivity index (χ0v) is 19.6. The predicted molar refractivity (Wildman–Crippen MR) is 124 cm³/mol. The third-order valence-corrected chi connectivity index (χ3v) is 4.76. The van der Waals surface area contributed by atoms with Gasteiger partial charge in [0.25, 0.3) is 0 Å². The van der Waals surface area contributed by atoms with E-state index in [1.165, 1.54) is 0 Å². The van der Waals surface area contributed by atoms with Crippen LogP contribution in [0, 0.1) is 0 Å². The molecular weight excluding hydrogens is 490 g/mol. The van der Waals surface area contributed by atoms with Crippen LogP contribution in [-0.2, 0) is 28.8 Å². The van der Waals surface area contributed by atoms with E-state index in [1.807, 2.05) is 5.32 Å². The van der Waals surface area contributed by atoms with Crippen molar-refractivity contribution in [3.63, 3.8) is 0 Å². The van der Waals surface area contributed by atoms with Gasteiger partial charge in [-0.25, -0.2) is 4.79 Å². The summed E-state index contributed by atoms with van der Waals surface area (Å²) in [5.74, 6) is -7.56. The lowest BCUT2D eigenvalue weighted by Crippen LogP contribution is -2.58. The number of amides is 3. The lowest BCUT2D eigenvalue weighted by Gasteiger charge is -2.23. The molecule has 0 spiro atoms. The number of carbonyl (C=O) groups excluding carboxylic acids is 3. The monoisotopic (exact) mass is 521 g/mol. The van der Waals surface area contributed by atoms with E-state index in [0.29, 0.717) is 6.42 Å². The summed E-state index contributed by atoms with van der Waals surface area (Å²) in [6.07, 6.45) is -1.41.